The Morgan fingerprint density at radius 2 is 2.15 bits per heavy atom. The van der Waals surface area contributed by atoms with Gasteiger partial charge in [0.1, 0.15) is 11.4 Å². The highest BCUT2D eigenvalue weighted by Gasteiger charge is 2.05. The maximum Gasteiger partial charge on any atom is 0.142 e. The molecule has 0 radical (unpaired) electrons. The number of nitrogens with zero attached hydrogens (tertiary/aromatic N) is 2. The first-order chi connectivity index (χ1) is 9.76. The molecular weight excluding hydrogens is 250 g/mol. The van der Waals surface area contributed by atoms with E-state index in [4.69, 9.17) is 4.74 Å². The second-order valence-corrected chi connectivity index (χ2v) is 4.76. The summed E-state index contributed by atoms with van der Waals surface area (Å²) in [4.78, 5) is 4.56. The van der Waals surface area contributed by atoms with Crippen molar-refractivity contribution in [3.63, 3.8) is 0 Å². The molecule has 4 heteroatoms. The average molecular weight is 267 g/mol. The Morgan fingerprint density at radius 1 is 1.25 bits per heavy atom. The van der Waals surface area contributed by atoms with Crippen LogP contribution in [0.5, 0.6) is 5.75 Å². The molecule has 2 heterocycles. The van der Waals surface area contributed by atoms with E-state index in [1.807, 2.05) is 47.1 Å². The van der Waals surface area contributed by atoms with Gasteiger partial charge in [-0.15, -0.1) is 0 Å². The van der Waals surface area contributed by atoms with E-state index < -0.39 is 0 Å². The number of anilines is 1. The molecule has 20 heavy (non-hydrogen) atoms. The van der Waals surface area contributed by atoms with Crippen LogP contribution in [0.25, 0.3) is 5.65 Å². The normalized spacial score (nSPS) is 10.7. The molecule has 0 aliphatic rings. The third-order valence-electron chi connectivity index (χ3n) is 3.23. The highest BCUT2D eigenvalue weighted by molar-refractivity contribution is 5.57. The first kappa shape index (κ1) is 12.5. The first-order valence-electron chi connectivity index (χ1n) is 6.57. The van der Waals surface area contributed by atoms with Gasteiger partial charge in [0.15, 0.2) is 0 Å². The van der Waals surface area contributed by atoms with E-state index >= 15 is 0 Å². The van der Waals surface area contributed by atoms with Crippen molar-refractivity contribution in [1.29, 1.82) is 0 Å². The number of aromatic nitrogens is 2. The second-order valence-electron chi connectivity index (χ2n) is 4.76. The van der Waals surface area contributed by atoms with E-state index in [0.717, 1.165) is 22.8 Å². The van der Waals surface area contributed by atoms with E-state index in [2.05, 4.69) is 23.3 Å². The van der Waals surface area contributed by atoms with Gasteiger partial charge in [0.05, 0.1) is 25.0 Å². The zero-order chi connectivity index (χ0) is 13.9. The fraction of sp³-hybridized carbons (Fsp3) is 0.188. The van der Waals surface area contributed by atoms with Crippen LogP contribution in [0, 0.1) is 6.92 Å². The molecule has 102 valence electrons. The van der Waals surface area contributed by atoms with Crippen LogP contribution < -0.4 is 10.1 Å². The Morgan fingerprint density at radius 3 is 2.95 bits per heavy atom. The van der Waals surface area contributed by atoms with Crippen molar-refractivity contribution in [1.82, 2.24) is 9.38 Å². The number of hydrogen-bond acceptors (Lipinski definition) is 3. The standard InChI is InChI=1S/C16H17N3O/c1-12-6-7-14(15(9-12)20-2)17-10-13-11-19-8-4-3-5-16(19)18-13/h3-9,11,17H,10H2,1-2H3. The lowest BCUT2D eigenvalue weighted by molar-refractivity contribution is 0.416. The molecule has 3 rings (SSSR count). The Balaban J connectivity index is 1.79. The number of methoxy groups -OCH3 is 1. The summed E-state index contributed by atoms with van der Waals surface area (Å²) >= 11 is 0. The van der Waals surface area contributed by atoms with Crippen molar-refractivity contribution < 1.29 is 4.74 Å². The number of ether oxygens (including phenoxy) is 1. The SMILES string of the molecule is COc1cc(C)ccc1NCc1cn2ccccc2n1. The zero-order valence-corrected chi connectivity index (χ0v) is 11.6. The van der Waals surface area contributed by atoms with E-state index in [9.17, 15) is 0 Å². The van der Waals surface area contributed by atoms with Crippen molar-refractivity contribution in [2.24, 2.45) is 0 Å². The molecule has 1 aromatic carbocycles. The van der Waals surface area contributed by atoms with E-state index in [1.165, 1.54) is 5.56 Å². The summed E-state index contributed by atoms with van der Waals surface area (Å²) in [5, 5.41) is 3.37. The third kappa shape index (κ3) is 2.45. The van der Waals surface area contributed by atoms with Crippen LogP contribution in [-0.4, -0.2) is 16.5 Å². The molecule has 4 nitrogen and oxygen atoms in total. The lowest BCUT2D eigenvalue weighted by atomic mass is 10.2. The number of benzene rings is 1. The summed E-state index contributed by atoms with van der Waals surface area (Å²) in [6.45, 7) is 2.72. The van der Waals surface area contributed by atoms with Gasteiger partial charge in [-0.05, 0) is 36.8 Å². The van der Waals surface area contributed by atoms with E-state index in [0.29, 0.717) is 6.54 Å². The maximum absolute atomic E-state index is 5.39. The minimum absolute atomic E-state index is 0.668. The van der Waals surface area contributed by atoms with Gasteiger partial charge in [0.2, 0.25) is 0 Å². The van der Waals surface area contributed by atoms with E-state index in [-0.39, 0.29) is 0 Å². The van der Waals surface area contributed by atoms with Crippen LogP contribution >= 0.6 is 0 Å². The second kappa shape index (κ2) is 5.25. The molecule has 3 aromatic rings. The van der Waals surface area contributed by atoms with Crippen molar-refractivity contribution in [2.45, 2.75) is 13.5 Å². The maximum atomic E-state index is 5.39. The number of nitrogens with one attached hydrogen (secondary N) is 1. The van der Waals surface area contributed by atoms with Crippen LogP contribution in [0.1, 0.15) is 11.3 Å². The molecular formula is C16H17N3O. The number of aryl methyl sites for hydroxylation is 1. The minimum Gasteiger partial charge on any atom is -0.495 e. The minimum atomic E-state index is 0.668. The topological polar surface area (TPSA) is 38.6 Å². The number of fused-ring (bicyclic) bond motifs is 1. The number of pyridine rings is 1. The summed E-state index contributed by atoms with van der Waals surface area (Å²) in [5.74, 6) is 0.855. The molecule has 0 unspecified atom stereocenters. The molecule has 0 bridgehead atoms. The van der Waals surface area contributed by atoms with Crippen LogP contribution in [0.2, 0.25) is 0 Å². The van der Waals surface area contributed by atoms with Gasteiger partial charge in [0.25, 0.3) is 0 Å². The predicted molar refractivity (Wildman–Crippen MR) is 80.2 cm³/mol. The van der Waals surface area contributed by atoms with Crippen LogP contribution in [0.3, 0.4) is 0 Å². The number of imidazole rings is 1. The number of hydrogen-bond donors (Lipinski definition) is 1. The van der Waals surface area contributed by atoms with Crippen molar-refractivity contribution in [3.05, 3.63) is 60.0 Å². The Hall–Kier alpha value is -2.49. The highest BCUT2D eigenvalue weighted by atomic mass is 16.5. The molecule has 1 N–H and O–H groups in total. The highest BCUT2D eigenvalue weighted by Crippen LogP contribution is 2.25. The first-order valence-corrected chi connectivity index (χ1v) is 6.57. The molecule has 0 saturated heterocycles. The lowest BCUT2D eigenvalue weighted by Crippen LogP contribution is -2.01. The van der Waals surface area contributed by atoms with Crippen LogP contribution in [0.15, 0.2) is 48.8 Å². The number of rotatable bonds is 4. The summed E-state index contributed by atoms with van der Waals surface area (Å²) in [6, 6.07) is 12.1. The van der Waals surface area contributed by atoms with Gasteiger partial charge >= 0.3 is 0 Å². The smallest absolute Gasteiger partial charge is 0.142 e. The Kier molecular flexibility index (Phi) is 3.29. The summed E-state index contributed by atoms with van der Waals surface area (Å²) in [7, 11) is 1.69. The zero-order valence-electron chi connectivity index (χ0n) is 11.6. The molecule has 0 aliphatic heterocycles. The van der Waals surface area contributed by atoms with Crippen LogP contribution in [-0.2, 0) is 6.54 Å². The van der Waals surface area contributed by atoms with Gasteiger partial charge in [0, 0.05) is 12.4 Å². The molecule has 0 atom stereocenters. The van der Waals surface area contributed by atoms with Crippen molar-refractivity contribution in [3.8, 4) is 5.75 Å². The molecule has 0 amide bonds. The molecule has 0 saturated carbocycles. The fourth-order valence-electron chi connectivity index (χ4n) is 2.20. The van der Waals surface area contributed by atoms with Gasteiger partial charge in [-0.3, -0.25) is 0 Å². The predicted octanol–water partition coefficient (Wildman–Crippen LogP) is 3.26. The average Bonchev–Trinajstić information content (AvgIpc) is 2.88. The Labute approximate surface area is 118 Å². The fourth-order valence-corrected chi connectivity index (χ4v) is 2.20. The lowest BCUT2D eigenvalue weighted by Gasteiger charge is -2.10. The third-order valence-corrected chi connectivity index (χ3v) is 3.23. The summed E-state index contributed by atoms with van der Waals surface area (Å²) in [5.41, 5.74) is 4.12. The molecule has 0 aliphatic carbocycles. The van der Waals surface area contributed by atoms with Gasteiger partial charge in [-0.2, -0.15) is 0 Å². The van der Waals surface area contributed by atoms with E-state index in [1.54, 1.807) is 7.11 Å². The molecule has 0 spiro atoms. The van der Waals surface area contributed by atoms with Crippen molar-refractivity contribution in [2.75, 3.05) is 12.4 Å². The molecule has 2 aromatic heterocycles. The van der Waals surface area contributed by atoms with Gasteiger partial charge < -0.3 is 14.5 Å². The monoisotopic (exact) mass is 267 g/mol. The quantitative estimate of drug-likeness (QED) is 0.788. The van der Waals surface area contributed by atoms with Gasteiger partial charge in [-0.1, -0.05) is 12.1 Å². The Bertz CT molecular complexity index is 700. The summed E-state index contributed by atoms with van der Waals surface area (Å²) in [6.07, 6.45) is 4.03. The van der Waals surface area contributed by atoms with Gasteiger partial charge in [-0.25, -0.2) is 4.98 Å². The molecule has 0 fully saturated rings. The summed E-state index contributed by atoms with van der Waals surface area (Å²) < 4.78 is 7.40. The van der Waals surface area contributed by atoms with Crippen LogP contribution in [0.4, 0.5) is 5.69 Å². The largest absolute Gasteiger partial charge is 0.495 e. The van der Waals surface area contributed by atoms with Crippen molar-refractivity contribution >= 4 is 11.3 Å².